The molecule has 2 heterocycles. The third kappa shape index (κ3) is 7.11. The molecule has 1 aromatic heterocycles. The van der Waals surface area contributed by atoms with Crippen LogP contribution in [-0.4, -0.2) is 72.7 Å². The molecule has 4 aromatic rings. The monoisotopic (exact) mass is 632 g/mol. The van der Waals surface area contributed by atoms with Crippen LogP contribution in [0.3, 0.4) is 0 Å². The van der Waals surface area contributed by atoms with Gasteiger partial charge in [0.05, 0.1) is 15.5 Å². The lowest BCUT2D eigenvalue weighted by Crippen LogP contribution is -2.55. The van der Waals surface area contributed by atoms with Crippen LogP contribution in [0.15, 0.2) is 78.0 Å². The first-order chi connectivity index (χ1) is 21.2. The number of piperazine rings is 1. The highest BCUT2D eigenvalue weighted by Gasteiger charge is 2.31. The third-order valence-electron chi connectivity index (χ3n) is 7.61. The molecule has 1 unspecified atom stereocenters. The number of halogens is 1. The van der Waals surface area contributed by atoms with Crippen molar-refractivity contribution in [1.29, 1.82) is 0 Å². The lowest BCUT2D eigenvalue weighted by Gasteiger charge is -2.40. The number of carbonyl (C=O) groups excluding carboxylic acids is 2. The fraction of sp³-hybridized carbons (Fsp3) is 0.312. The van der Waals surface area contributed by atoms with E-state index in [0.29, 0.717) is 26.1 Å². The highest BCUT2D eigenvalue weighted by atomic mass is 35.5. The van der Waals surface area contributed by atoms with E-state index in [2.05, 4.69) is 46.0 Å². The Morgan fingerprint density at radius 2 is 1.77 bits per heavy atom. The van der Waals surface area contributed by atoms with Crippen LogP contribution in [0.2, 0.25) is 5.02 Å². The van der Waals surface area contributed by atoms with Gasteiger partial charge in [0.15, 0.2) is 11.0 Å². The predicted octanol–water partition coefficient (Wildman–Crippen LogP) is 6.44. The zero-order valence-corrected chi connectivity index (χ0v) is 26.1. The summed E-state index contributed by atoms with van der Waals surface area (Å²) in [6, 6.07) is 21.9. The van der Waals surface area contributed by atoms with E-state index in [4.69, 9.17) is 11.6 Å². The maximum Gasteiger partial charge on any atom is 0.270 e. The average Bonchev–Trinajstić information content (AvgIpc) is 3.45. The Balaban J connectivity index is 1.12. The highest BCUT2D eigenvalue weighted by Crippen LogP contribution is 2.29. The van der Waals surface area contributed by atoms with Crippen LogP contribution < -0.4 is 0 Å². The quantitative estimate of drug-likeness (QED) is 0.0855. The number of nitrogens with zero attached hydrogens (tertiary/aromatic N) is 6. The van der Waals surface area contributed by atoms with E-state index >= 15 is 0 Å². The highest BCUT2D eigenvalue weighted by molar-refractivity contribution is 7.99. The number of hydrogen-bond acceptors (Lipinski definition) is 7. The zero-order chi connectivity index (χ0) is 31.2. The SMILES string of the molecule is Cc1ccc(-c2nnc(SCCCCC(=O)N3CCN(C(=O)c4ccc([N+](=O)[O-])cc4Cl)C(C)C3)n2-c2ccccc2)cc1. The Bertz CT molecular complexity index is 1650. The van der Waals surface area contributed by atoms with E-state index in [-0.39, 0.29) is 34.1 Å². The molecule has 5 rings (SSSR count). The molecule has 0 N–H and O–H groups in total. The van der Waals surface area contributed by atoms with Gasteiger partial charge < -0.3 is 9.80 Å². The molecule has 228 valence electrons. The molecular weight excluding hydrogens is 600 g/mol. The standard InChI is InChI=1S/C32H33ClN6O4S/c1-22-11-13-24(14-12-22)30-34-35-32(38(30)25-8-4-3-5-9-25)44-19-7-6-10-29(40)36-17-18-37(23(2)21-36)31(41)27-16-15-26(39(42)43)20-28(27)33/h3-5,8-9,11-16,20,23H,6-7,10,17-19,21H2,1-2H3. The number of unbranched alkanes of at least 4 members (excludes halogenated alkanes) is 1. The number of aromatic nitrogens is 3. The van der Waals surface area contributed by atoms with Crippen molar-refractivity contribution in [3.05, 3.63) is 99.1 Å². The van der Waals surface area contributed by atoms with Gasteiger partial charge in [0.1, 0.15) is 0 Å². The van der Waals surface area contributed by atoms with Crippen molar-refractivity contribution in [1.82, 2.24) is 24.6 Å². The second-order valence-electron chi connectivity index (χ2n) is 10.8. The summed E-state index contributed by atoms with van der Waals surface area (Å²) >= 11 is 7.81. The number of benzene rings is 3. The number of hydrogen-bond donors (Lipinski definition) is 0. The third-order valence-corrected chi connectivity index (χ3v) is 8.94. The number of thioether (sulfide) groups is 1. The van der Waals surface area contributed by atoms with Gasteiger partial charge >= 0.3 is 0 Å². The lowest BCUT2D eigenvalue weighted by atomic mass is 10.1. The molecule has 2 amide bonds. The van der Waals surface area contributed by atoms with Crippen LogP contribution in [0.1, 0.15) is 42.1 Å². The van der Waals surface area contributed by atoms with Crippen molar-refractivity contribution >= 4 is 40.9 Å². The molecular formula is C32H33ClN6O4S. The first-order valence-electron chi connectivity index (χ1n) is 14.5. The Morgan fingerprint density at radius 1 is 1.02 bits per heavy atom. The van der Waals surface area contributed by atoms with Crippen molar-refractivity contribution in [2.75, 3.05) is 25.4 Å². The van der Waals surface area contributed by atoms with Crippen molar-refractivity contribution in [2.24, 2.45) is 0 Å². The molecule has 1 aliphatic rings. The summed E-state index contributed by atoms with van der Waals surface area (Å²) < 4.78 is 2.08. The number of non-ortho nitro benzene ring substituents is 1. The van der Waals surface area contributed by atoms with E-state index < -0.39 is 4.92 Å². The minimum atomic E-state index is -0.551. The second kappa shape index (κ2) is 14.0. The molecule has 3 aromatic carbocycles. The van der Waals surface area contributed by atoms with E-state index in [9.17, 15) is 19.7 Å². The predicted molar refractivity (Wildman–Crippen MR) is 171 cm³/mol. The molecule has 12 heteroatoms. The summed E-state index contributed by atoms with van der Waals surface area (Å²) in [7, 11) is 0. The Labute approximate surface area is 265 Å². The normalized spacial score (nSPS) is 14.9. The number of amides is 2. The number of rotatable bonds is 10. The Kier molecular flexibility index (Phi) is 9.96. The minimum absolute atomic E-state index is 0.0427. The van der Waals surface area contributed by atoms with Gasteiger partial charge in [0.25, 0.3) is 11.6 Å². The van der Waals surface area contributed by atoms with Gasteiger partial charge in [-0.05, 0) is 44.9 Å². The smallest absolute Gasteiger partial charge is 0.270 e. The summed E-state index contributed by atoms with van der Waals surface area (Å²) in [5, 5.41) is 20.9. The largest absolute Gasteiger partial charge is 0.339 e. The summed E-state index contributed by atoms with van der Waals surface area (Å²) in [4.78, 5) is 40.0. The number of aryl methyl sites for hydroxylation is 1. The molecule has 1 fully saturated rings. The van der Waals surface area contributed by atoms with Crippen LogP contribution in [0, 0.1) is 17.0 Å². The van der Waals surface area contributed by atoms with Gasteiger partial charge in [-0.2, -0.15) is 0 Å². The lowest BCUT2D eigenvalue weighted by molar-refractivity contribution is -0.384. The van der Waals surface area contributed by atoms with Crippen LogP contribution in [-0.2, 0) is 4.79 Å². The molecule has 1 atom stereocenters. The summed E-state index contributed by atoms with van der Waals surface area (Å²) in [6.45, 7) is 5.16. The Morgan fingerprint density at radius 3 is 2.45 bits per heavy atom. The molecule has 0 aliphatic carbocycles. The first kappa shape index (κ1) is 31.2. The van der Waals surface area contributed by atoms with Crippen molar-refractivity contribution in [3.8, 4) is 17.1 Å². The summed E-state index contributed by atoms with van der Waals surface area (Å²) in [6.07, 6.45) is 2.00. The summed E-state index contributed by atoms with van der Waals surface area (Å²) in [5.74, 6) is 1.35. The summed E-state index contributed by atoms with van der Waals surface area (Å²) in [5.41, 5.74) is 3.22. The molecule has 10 nitrogen and oxygen atoms in total. The van der Waals surface area contributed by atoms with Gasteiger partial charge in [-0.15, -0.1) is 10.2 Å². The Hall–Kier alpha value is -4.22. The fourth-order valence-corrected chi connectivity index (χ4v) is 6.40. The fourth-order valence-electron chi connectivity index (χ4n) is 5.19. The molecule has 0 saturated carbocycles. The van der Waals surface area contributed by atoms with Crippen LogP contribution in [0.5, 0.6) is 0 Å². The van der Waals surface area contributed by atoms with Crippen LogP contribution in [0.4, 0.5) is 5.69 Å². The van der Waals surface area contributed by atoms with Gasteiger partial charge in [-0.1, -0.05) is 71.4 Å². The van der Waals surface area contributed by atoms with E-state index in [0.717, 1.165) is 40.8 Å². The molecule has 0 radical (unpaired) electrons. The van der Waals surface area contributed by atoms with Crippen molar-refractivity contribution in [2.45, 2.75) is 44.3 Å². The number of nitro benzene ring substituents is 1. The number of para-hydroxylation sites is 1. The maximum atomic E-state index is 13.1. The zero-order valence-electron chi connectivity index (χ0n) is 24.6. The van der Waals surface area contributed by atoms with Gasteiger partial charge in [-0.25, -0.2) is 0 Å². The van der Waals surface area contributed by atoms with E-state index in [1.807, 2.05) is 37.3 Å². The first-order valence-corrected chi connectivity index (χ1v) is 15.8. The van der Waals surface area contributed by atoms with Gasteiger partial charge in [-0.3, -0.25) is 24.3 Å². The topological polar surface area (TPSA) is 114 Å². The van der Waals surface area contributed by atoms with Crippen molar-refractivity contribution in [3.63, 3.8) is 0 Å². The van der Waals surface area contributed by atoms with E-state index in [1.54, 1.807) is 21.6 Å². The molecule has 1 aliphatic heterocycles. The molecule has 0 spiro atoms. The van der Waals surface area contributed by atoms with Crippen LogP contribution in [0.25, 0.3) is 17.1 Å². The van der Waals surface area contributed by atoms with Crippen molar-refractivity contribution < 1.29 is 14.5 Å². The minimum Gasteiger partial charge on any atom is -0.339 e. The number of carbonyl (C=O) groups is 2. The second-order valence-corrected chi connectivity index (χ2v) is 12.2. The molecule has 0 bridgehead atoms. The average molecular weight is 633 g/mol. The van der Waals surface area contributed by atoms with Gasteiger partial charge in [0, 0.05) is 61.2 Å². The maximum absolute atomic E-state index is 13.1. The van der Waals surface area contributed by atoms with E-state index in [1.165, 1.54) is 23.8 Å². The molecule has 1 saturated heterocycles. The number of nitro groups is 1. The van der Waals surface area contributed by atoms with Gasteiger partial charge in [0.2, 0.25) is 5.91 Å². The van der Waals surface area contributed by atoms with Crippen LogP contribution >= 0.6 is 23.4 Å². The molecule has 44 heavy (non-hydrogen) atoms.